The molecule has 1 aromatic carbocycles. The van der Waals surface area contributed by atoms with Crippen LogP contribution >= 0.6 is 0 Å². The molecule has 2 rings (SSSR count). The van der Waals surface area contributed by atoms with Crippen molar-refractivity contribution in [1.29, 1.82) is 0 Å². The molecule has 1 aromatic rings. The maximum absolute atomic E-state index is 12.1. The monoisotopic (exact) mass is 249 g/mol. The highest BCUT2D eigenvalue weighted by Gasteiger charge is 2.37. The molecule has 0 aliphatic carbocycles. The van der Waals surface area contributed by atoms with E-state index in [4.69, 9.17) is 10.2 Å². The summed E-state index contributed by atoms with van der Waals surface area (Å²) in [6.07, 6.45) is 0. The molecule has 0 aromatic heterocycles. The van der Waals surface area contributed by atoms with Crippen LogP contribution in [0.1, 0.15) is 17.3 Å². The molecule has 2 unspecified atom stereocenters. The summed E-state index contributed by atoms with van der Waals surface area (Å²) in [6.45, 7) is 2.54. The number of aliphatic carboxylic acids is 1. The first-order valence-corrected chi connectivity index (χ1v) is 5.80. The van der Waals surface area contributed by atoms with Crippen molar-refractivity contribution < 1.29 is 19.8 Å². The second-order valence-electron chi connectivity index (χ2n) is 4.68. The number of carboxylic acid groups (broad SMARTS) is 1. The predicted molar refractivity (Wildman–Crippen MR) is 64.3 cm³/mol. The molecule has 1 aliphatic rings. The Bertz CT molecular complexity index is 468. The van der Waals surface area contributed by atoms with Gasteiger partial charge in [0, 0.05) is 18.7 Å². The molecule has 1 saturated heterocycles. The van der Waals surface area contributed by atoms with E-state index in [0.717, 1.165) is 0 Å². The number of hydrogen-bond acceptors (Lipinski definition) is 3. The molecule has 96 valence electrons. The number of carbonyl (C=O) groups is 2. The van der Waals surface area contributed by atoms with Gasteiger partial charge in [0.25, 0.3) is 5.91 Å². The fourth-order valence-corrected chi connectivity index (χ4v) is 2.24. The van der Waals surface area contributed by atoms with Crippen LogP contribution in [0.3, 0.4) is 0 Å². The smallest absolute Gasteiger partial charge is 0.308 e. The van der Waals surface area contributed by atoms with E-state index >= 15 is 0 Å². The number of carboxylic acids is 1. The summed E-state index contributed by atoms with van der Waals surface area (Å²) in [4.78, 5) is 24.7. The van der Waals surface area contributed by atoms with E-state index in [1.54, 1.807) is 4.90 Å². The molecule has 5 nitrogen and oxygen atoms in total. The number of phenolic OH excluding ortho intramolecular Hbond substituents is 1. The Morgan fingerprint density at radius 1 is 1.22 bits per heavy atom. The van der Waals surface area contributed by atoms with Crippen molar-refractivity contribution in [2.24, 2.45) is 11.8 Å². The van der Waals surface area contributed by atoms with Crippen molar-refractivity contribution >= 4 is 11.9 Å². The standard InChI is InChI=1S/C13H15NO4/c1-8-6-14(7-11(8)13(17)18)12(16)9-2-4-10(15)5-3-9/h2-5,8,11,15H,6-7H2,1H3,(H,17,18). The van der Waals surface area contributed by atoms with Gasteiger partial charge >= 0.3 is 5.97 Å². The number of likely N-dealkylation sites (tertiary alicyclic amines) is 1. The average molecular weight is 249 g/mol. The summed E-state index contributed by atoms with van der Waals surface area (Å²) < 4.78 is 0. The number of benzene rings is 1. The van der Waals surface area contributed by atoms with Gasteiger partial charge in [0.1, 0.15) is 5.75 Å². The minimum Gasteiger partial charge on any atom is -0.508 e. The molecule has 0 radical (unpaired) electrons. The van der Waals surface area contributed by atoms with Crippen molar-refractivity contribution in [1.82, 2.24) is 4.90 Å². The fraction of sp³-hybridized carbons (Fsp3) is 0.385. The highest BCUT2D eigenvalue weighted by atomic mass is 16.4. The zero-order chi connectivity index (χ0) is 13.3. The van der Waals surface area contributed by atoms with E-state index in [0.29, 0.717) is 12.1 Å². The summed E-state index contributed by atoms with van der Waals surface area (Å²) in [5.41, 5.74) is 0.464. The first-order chi connectivity index (χ1) is 8.49. The number of carbonyl (C=O) groups excluding carboxylic acids is 1. The van der Waals surface area contributed by atoms with Crippen LogP contribution in [0.4, 0.5) is 0 Å². The average Bonchev–Trinajstić information content (AvgIpc) is 2.71. The number of phenols is 1. The number of aromatic hydroxyl groups is 1. The first kappa shape index (κ1) is 12.4. The zero-order valence-corrected chi connectivity index (χ0v) is 10.0. The fourth-order valence-electron chi connectivity index (χ4n) is 2.24. The molecular formula is C13H15NO4. The molecular weight excluding hydrogens is 234 g/mol. The van der Waals surface area contributed by atoms with Gasteiger partial charge in [-0.25, -0.2) is 0 Å². The van der Waals surface area contributed by atoms with Crippen LogP contribution in [0.25, 0.3) is 0 Å². The SMILES string of the molecule is CC1CN(C(=O)c2ccc(O)cc2)CC1C(=O)O. The third-order valence-corrected chi connectivity index (χ3v) is 3.33. The Morgan fingerprint density at radius 2 is 1.83 bits per heavy atom. The van der Waals surface area contributed by atoms with E-state index in [-0.39, 0.29) is 24.1 Å². The van der Waals surface area contributed by atoms with Gasteiger partial charge in [0.15, 0.2) is 0 Å². The summed E-state index contributed by atoms with van der Waals surface area (Å²) in [6, 6.07) is 5.97. The van der Waals surface area contributed by atoms with Gasteiger partial charge in [0.05, 0.1) is 5.92 Å². The van der Waals surface area contributed by atoms with E-state index in [1.165, 1.54) is 24.3 Å². The molecule has 0 bridgehead atoms. The first-order valence-electron chi connectivity index (χ1n) is 5.80. The van der Waals surface area contributed by atoms with Gasteiger partial charge in [-0.2, -0.15) is 0 Å². The van der Waals surface area contributed by atoms with Crippen LogP contribution in [-0.2, 0) is 4.79 Å². The van der Waals surface area contributed by atoms with E-state index in [9.17, 15) is 9.59 Å². The predicted octanol–water partition coefficient (Wildman–Crippen LogP) is 1.18. The molecule has 1 fully saturated rings. The summed E-state index contributed by atoms with van der Waals surface area (Å²) in [7, 11) is 0. The molecule has 5 heteroatoms. The van der Waals surface area contributed by atoms with Crippen LogP contribution in [-0.4, -0.2) is 40.1 Å². The summed E-state index contributed by atoms with van der Waals surface area (Å²) in [5, 5.41) is 18.2. The van der Waals surface area contributed by atoms with Gasteiger partial charge in [0.2, 0.25) is 0 Å². The molecule has 1 heterocycles. The van der Waals surface area contributed by atoms with E-state index in [1.807, 2.05) is 6.92 Å². The summed E-state index contributed by atoms with van der Waals surface area (Å²) >= 11 is 0. The second kappa shape index (κ2) is 4.68. The lowest BCUT2D eigenvalue weighted by molar-refractivity contribution is -0.142. The number of hydrogen-bond donors (Lipinski definition) is 2. The maximum atomic E-state index is 12.1. The molecule has 1 aliphatic heterocycles. The lowest BCUT2D eigenvalue weighted by Gasteiger charge is -2.15. The molecule has 0 spiro atoms. The molecule has 1 amide bonds. The van der Waals surface area contributed by atoms with Gasteiger partial charge in [-0.15, -0.1) is 0 Å². The van der Waals surface area contributed by atoms with Gasteiger partial charge in [-0.1, -0.05) is 6.92 Å². The Hall–Kier alpha value is -2.04. The molecule has 2 atom stereocenters. The third kappa shape index (κ3) is 2.30. The van der Waals surface area contributed by atoms with Crippen molar-refractivity contribution in [3.63, 3.8) is 0 Å². The molecule has 0 saturated carbocycles. The minimum absolute atomic E-state index is 0.0384. The quantitative estimate of drug-likeness (QED) is 0.825. The molecule has 2 N–H and O–H groups in total. The third-order valence-electron chi connectivity index (χ3n) is 3.33. The van der Waals surface area contributed by atoms with Gasteiger partial charge in [-0.05, 0) is 30.2 Å². The number of rotatable bonds is 2. The van der Waals surface area contributed by atoms with Crippen LogP contribution in [0.5, 0.6) is 5.75 Å². The van der Waals surface area contributed by atoms with Crippen molar-refractivity contribution in [2.75, 3.05) is 13.1 Å². The van der Waals surface area contributed by atoms with Crippen molar-refractivity contribution in [3.8, 4) is 5.75 Å². The zero-order valence-electron chi connectivity index (χ0n) is 10.0. The number of nitrogens with zero attached hydrogens (tertiary/aromatic N) is 1. The van der Waals surface area contributed by atoms with Crippen LogP contribution in [0.2, 0.25) is 0 Å². The lowest BCUT2D eigenvalue weighted by Crippen LogP contribution is -2.29. The van der Waals surface area contributed by atoms with Crippen LogP contribution in [0.15, 0.2) is 24.3 Å². The topological polar surface area (TPSA) is 77.8 Å². The lowest BCUT2D eigenvalue weighted by atomic mass is 9.99. The van der Waals surface area contributed by atoms with Gasteiger partial charge in [-0.3, -0.25) is 9.59 Å². The van der Waals surface area contributed by atoms with Gasteiger partial charge < -0.3 is 15.1 Å². The highest BCUT2D eigenvalue weighted by molar-refractivity contribution is 5.95. The van der Waals surface area contributed by atoms with E-state index < -0.39 is 11.9 Å². The normalized spacial score (nSPS) is 23.1. The van der Waals surface area contributed by atoms with Crippen LogP contribution < -0.4 is 0 Å². The Kier molecular flexibility index (Phi) is 3.23. The Balaban J connectivity index is 2.12. The molecule has 18 heavy (non-hydrogen) atoms. The largest absolute Gasteiger partial charge is 0.508 e. The minimum atomic E-state index is -0.858. The highest BCUT2D eigenvalue weighted by Crippen LogP contribution is 2.25. The van der Waals surface area contributed by atoms with E-state index in [2.05, 4.69) is 0 Å². The van der Waals surface area contributed by atoms with Crippen molar-refractivity contribution in [2.45, 2.75) is 6.92 Å². The number of amides is 1. The summed E-state index contributed by atoms with van der Waals surface area (Å²) in [5.74, 6) is -1.48. The van der Waals surface area contributed by atoms with Crippen LogP contribution in [0, 0.1) is 11.8 Å². The van der Waals surface area contributed by atoms with Crippen molar-refractivity contribution in [3.05, 3.63) is 29.8 Å². The Labute approximate surface area is 105 Å². The Morgan fingerprint density at radius 3 is 2.33 bits per heavy atom. The second-order valence-corrected chi connectivity index (χ2v) is 4.68. The maximum Gasteiger partial charge on any atom is 0.308 e.